The number of rotatable bonds is 5. The molecule has 132 valence electrons. The molecule has 1 heterocycles. The summed E-state index contributed by atoms with van der Waals surface area (Å²) in [5, 5.41) is 7.23. The Kier molecular flexibility index (Phi) is 5.19. The first-order chi connectivity index (χ1) is 12.4. The zero-order valence-corrected chi connectivity index (χ0v) is 15.6. The van der Waals surface area contributed by atoms with Gasteiger partial charge in [0.15, 0.2) is 5.78 Å². The van der Waals surface area contributed by atoms with Gasteiger partial charge < -0.3 is 10.6 Å². The highest BCUT2D eigenvalue weighted by atomic mass is 35.5. The molecule has 2 N–H and O–H groups in total. The summed E-state index contributed by atoms with van der Waals surface area (Å²) in [6.45, 7) is 5.37. The number of anilines is 4. The molecule has 0 aliphatic carbocycles. The number of nitrogens with zero attached hydrogens (tertiary/aromatic N) is 2. The summed E-state index contributed by atoms with van der Waals surface area (Å²) in [7, 11) is 0. The fourth-order valence-electron chi connectivity index (χ4n) is 2.54. The topological polar surface area (TPSA) is 66.9 Å². The fraction of sp³-hybridized carbons (Fsp3) is 0.150. The number of nitrogens with one attached hydrogen (secondary N) is 2. The van der Waals surface area contributed by atoms with Crippen LogP contribution in [0.25, 0.3) is 0 Å². The monoisotopic (exact) mass is 366 g/mol. The second kappa shape index (κ2) is 7.54. The van der Waals surface area contributed by atoms with E-state index in [-0.39, 0.29) is 5.78 Å². The summed E-state index contributed by atoms with van der Waals surface area (Å²) in [6.07, 6.45) is 0. The molecule has 3 aromatic rings. The minimum atomic E-state index is 0.0410. The molecular formula is C20H19ClN4O. The lowest BCUT2D eigenvalue weighted by Crippen LogP contribution is -2.02. The number of aryl methyl sites for hydroxylation is 2. The summed E-state index contributed by atoms with van der Waals surface area (Å²) in [5.74, 6) is 2.04. The van der Waals surface area contributed by atoms with E-state index in [1.807, 2.05) is 50.2 Å². The number of carbonyl (C=O) groups excluding carboxylic acids is 1. The first-order valence-corrected chi connectivity index (χ1v) is 8.55. The lowest BCUT2D eigenvalue weighted by atomic mass is 10.1. The molecule has 5 nitrogen and oxygen atoms in total. The van der Waals surface area contributed by atoms with Crippen LogP contribution >= 0.6 is 11.6 Å². The van der Waals surface area contributed by atoms with Crippen LogP contribution in [0.15, 0.2) is 48.5 Å². The van der Waals surface area contributed by atoms with Crippen LogP contribution in [-0.2, 0) is 0 Å². The SMILES string of the molecule is CC(=O)c1ccc(Nc2cc(Nc3ccc(Cl)cc3C)nc(C)n2)cc1. The Morgan fingerprint density at radius 1 is 0.923 bits per heavy atom. The lowest BCUT2D eigenvalue weighted by Gasteiger charge is -2.12. The van der Waals surface area contributed by atoms with Crippen LogP contribution in [0.1, 0.15) is 28.7 Å². The van der Waals surface area contributed by atoms with Gasteiger partial charge in [-0.05, 0) is 68.8 Å². The van der Waals surface area contributed by atoms with Crippen molar-refractivity contribution in [3.63, 3.8) is 0 Å². The van der Waals surface area contributed by atoms with E-state index in [0.717, 1.165) is 16.9 Å². The van der Waals surface area contributed by atoms with E-state index in [1.165, 1.54) is 0 Å². The van der Waals surface area contributed by atoms with Crippen molar-refractivity contribution in [3.05, 3.63) is 70.5 Å². The van der Waals surface area contributed by atoms with Crippen molar-refractivity contribution in [3.8, 4) is 0 Å². The quantitative estimate of drug-likeness (QED) is 0.589. The molecule has 0 spiro atoms. The Morgan fingerprint density at radius 3 is 2.19 bits per heavy atom. The maximum atomic E-state index is 11.4. The van der Waals surface area contributed by atoms with Crippen LogP contribution in [-0.4, -0.2) is 15.8 Å². The second-order valence-corrected chi connectivity index (χ2v) is 6.46. The molecule has 0 unspecified atom stereocenters. The van der Waals surface area contributed by atoms with E-state index in [2.05, 4.69) is 20.6 Å². The van der Waals surface area contributed by atoms with Crippen molar-refractivity contribution in [1.29, 1.82) is 0 Å². The molecule has 0 aliphatic heterocycles. The average molecular weight is 367 g/mol. The van der Waals surface area contributed by atoms with Crippen molar-refractivity contribution in [2.45, 2.75) is 20.8 Å². The van der Waals surface area contributed by atoms with Crippen molar-refractivity contribution in [2.75, 3.05) is 10.6 Å². The molecule has 0 aliphatic rings. The molecular weight excluding hydrogens is 348 g/mol. The molecule has 0 radical (unpaired) electrons. The summed E-state index contributed by atoms with van der Waals surface area (Å²) in [5.41, 5.74) is 3.49. The van der Waals surface area contributed by atoms with Crippen molar-refractivity contribution < 1.29 is 4.79 Å². The first kappa shape index (κ1) is 17.9. The second-order valence-electron chi connectivity index (χ2n) is 6.03. The molecule has 0 amide bonds. The molecule has 0 saturated carbocycles. The van der Waals surface area contributed by atoms with Crippen LogP contribution < -0.4 is 10.6 Å². The largest absolute Gasteiger partial charge is 0.340 e. The van der Waals surface area contributed by atoms with E-state index < -0.39 is 0 Å². The van der Waals surface area contributed by atoms with Crippen LogP contribution in [0.5, 0.6) is 0 Å². The summed E-state index contributed by atoms with van der Waals surface area (Å²) >= 11 is 6.01. The molecule has 3 rings (SSSR count). The number of benzene rings is 2. The Bertz CT molecular complexity index is 955. The zero-order valence-electron chi connectivity index (χ0n) is 14.8. The van der Waals surface area contributed by atoms with Crippen molar-refractivity contribution >= 4 is 40.4 Å². The van der Waals surface area contributed by atoms with E-state index in [0.29, 0.717) is 28.0 Å². The zero-order chi connectivity index (χ0) is 18.7. The van der Waals surface area contributed by atoms with Gasteiger partial charge in [-0.1, -0.05) is 11.6 Å². The predicted molar refractivity (Wildman–Crippen MR) is 106 cm³/mol. The van der Waals surface area contributed by atoms with Gasteiger partial charge in [0.1, 0.15) is 17.5 Å². The van der Waals surface area contributed by atoms with Crippen LogP contribution in [0.3, 0.4) is 0 Å². The van der Waals surface area contributed by atoms with Crippen LogP contribution in [0.2, 0.25) is 5.02 Å². The number of ketones is 1. The Labute approximate surface area is 157 Å². The molecule has 0 atom stereocenters. The lowest BCUT2D eigenvalue weighted by molar-refractivity contribution is 0.101. The number of hydrogen-bond acceptors (Lipinski definition) is 5. The normalized spacial score (nSPS) is 10.5. The molecule has 0 fully saturated rings. The van der Waals surface area contributed by atoms with Crippen LogP contribution in [0.4, 0.5) is 23.0 Å². The van der Waals surface area contributed by atoms with E-state index in [4.69, 9.17) is 11.6 Å². The molecule has 0 bridgehead atoms. The minimum Gasteiger partial charge on any atom is -0.340 e. The van der Waals surface area contributed by atoms with Crippen molar-refractivity contribution in [2.24, 2.45) is 0 Å². The predicted octanol–water partition coefficient (Wildman–Crippen LogP) is 5.44. The highest BCUT2D eigenvalue weighted by molar-refractivity contribution is 6.30. The Hall–Kier alpha value is -2.92. The van der Waals surface area contributed by atoms with Gasteiger partial charge in [0.2, 0.25) is 0 Å². The standard InChI is InChI=1S/C20H19ClN4O/c1-12-10-16(21)6-9-18(12)25-20-11-19(22-14(3)23-20)24-17-7-4-15(5-8-17)13(2)26/h4-11H,1-3H3,(H2,22,23,24,25). The number of carbonyl (C=O) groups is 1. The van der Waals surface area contributed by atoms with Gasteiger partial charge in [-0.25, -0.2) is 9.97 Å². The maximum Gasteiger partial charge on any atom is 0.159 e. The molecule has 2 aromatic carbocycles. The van der Waals surface area contributed by atoms with Gasteiger partial charge in [0.25, 0.3) is 0 Å². The van der Waals surface area contributed by atoms with Gasteiger partial charge in [-0.2, -0.15) is 0 Å². The molecule has 1 aromatic heterocycles. The average Bonchev–Trinajstić information content (AvgIpc) is 2.57. The fourth-order valence-corrected chi connectivity index (χ4v) is 2.76. The van der Waals surface area contributed by atoms with Gasteiger partial charge in [-0.3, -0.25) is 4.79 Å². The number of hydrogen-bond donors (Lipinski definition) is 2. The van der Waals surface area contributed by atoms with E-state index >= 15 is 0 Å². The number of halogens is 1. The van der Waals surface area contributed by atoms with Gasteiger partial charge in [0, 0.05) is 28.0 Å². The third kappa shape index (κ3) is 4.37. The van der Waals surface area contributed by atoms with E-state index in [9.17, 15) is 4.79 Å². The summed E-state index contributed by atoms with van der Waals surface area (Å²) < 4.78 is 0. The first-order valence-electron chi connectivity index (χ1n) is 8.17. The molecule has 0 saturated heterocycles. The number of aromatic nitrogens is 2. The molecule has 26 heavy (non-hydrogen) atoms. The highest BCUT2D eigenvalue weighted by Crippen LogP contribution is 2.24. The number of Topliss-reactive ketones (excluding diaryl/α,β-unsaturated/α-hetero) is 1. The molecule has 6 heteroatoms. The van der Waals surface area contributed by atoms with Gasteiger partial charge >= 0.3 is 0 Å². The summed E-state index contributed by atoms with van der Waals surface area (Å²) in [4.78, 5) is 20.2. The maximum absolute atomic E-state index is 11.4. The Morgan fingerprint density at radius 2 is 1.58 bits per heavy atom. The minimum absolute atomic E-state index is 0.0410. The van der Waals surface area contributed by atoms with Crippen LogP contribution in [0, 0.1) is 13.8 Å². The van der Waals surface area contributed by atoms with Crippen molar-refractivity contribution in [1.82, 2.24) is 9.97 Å². The highest BCUT2D eigenvalue weighted by Gasteiger charge is 2.06. The van der Waals surface area contributed by atoms with Gasteiger partial charge in [-0.15, -0.1) is 0 Å². The smallest absolute Gasteiger partial charge is 0.159 e. The Balaban J connectivity index is 1.82. The van der Waals surface area contributed by atoms with E-state index in [1.54, 1.807) is 19.1 Å². The third-order valence-electron chi connectivity index (χ3n) is 3.85. The summed E-state index contributed by atoms with van der Waals surface area (Å²) in [6, 6.07) is 14.8. The third-order valence-corrected chi connectivity index (χ3v) is 4.09. The van der Waals surface area contributed by atoms with Gasteiger partial charge in [0.05, 0.1) is 0 Å².